The van der Waals surface area contributed by atoms with Crippen molar-refractivity contribution in [2.24, 2.45) is 0 Å². The molecule has 0 saturated carbocycles. The van der Waals surface area contributed by atoms with Gasteiger partial charge in [0.25, 0.3) is 0 Å². The van der Waals surface area contributed by atoms with Crippen LogP contribution in [0.4, 0.5) is 0 Å². The molecule has 3 nitrogen and oxygen atoms in total. The van der Waals surface area contributed by atoms with E-state index in [0.717, 1.165) is 31.0 Å². The highest BCUT2D eigenvalue weighted by atomic mass is 32.2. The predicted octanol–water partition coefficient (Wildman–Crippen LogP) is 3.24. The minimum atomic E-state index is 0.639. The van der Waals surface area contributed by atoms with E-state index in [2.05, 4.69) is 35.9 Å². The van der Waals surface area contributed by atoms with Gasteiger partial charge in [-0.15, -0.1) is 11.8 Å². The lowest BCUT2D eigenvalue weighted by atomic mass is 10.2. The van der Waals surface area contributed by atoms with Crippen LogP contribution in [0.3, 0.4) is 0 Å². The summed E-state index contributed by atoms with van der Waals surface area (Å²) in [5.41, 5.74) is 1.28. The van der Waals surface area contributed by atoms with Crippen molar-refractivity contribution in [3.05, 3.63) is 29.8 Å². The van der Waals surface area contributed by atoms with E-state index in [4.69, 9.17) is 9.47 Å². The summed E-state index contributed by atoms with van der Waals surface area (Å²) in [6.45, 7) is 5.19. The quantitative estimate of drug-likeness (QED) is 0.492. The van der Waals surface area contributed by atoms with Crippen molar-refractivity contribution in [2.45, 2.75) is 24.8 Å². The summed E-state index contributed by atoms with van der Waals surface area (Å²) in [7, 11) is 0. The van der Waals surface area contributed by atoms with Crippen LogP contribution in [0.25, 0.3) is 0 Å². The summed E-state index contributed by atoms with van der Waals surface area (Å²) in [4.78, 5) is 1.25. The summed E-state index contributed by atoms with van der Waals surface area (Å²) in [6.07, 6.45) is 7.41. The molecule has 0 bridgehead atoms. The smallest absolute Gasteiger partial charge is 0.162 e. The van der Waals surface area contributed by atoms with Crippen molar-refractivity contribution in [2.75, 3.05) is 26.0 Å². The van der Waals surface area contributed by atoms with Crippen molar-refractivity contribution >= 4 is 11.8 Å². The molecule has 0 aliphatic carbocycles. The number of allylic oxidation sites excluding steroid dienone is 1. The maximum Gasteiger partial charge on any atom is 0.162 e. The molecule has 2 rings (SSSR count). The molecule has 0 unspecified atom stereocenters. The Morgan fingerprint density at radius 1 is 1.26 bits per heavy atom. The molecule has 1 aliphatic rings. The fourth-order valence-corrected chi connectivity index (χ4v) is 2.63. The molecule has 0 amide bonds. The number of rotatable bonds is 6. The van der Waals surface area contributed by atoms with E-state index >= 15 is 0 Å². The van der Waals surface area contributed by atoms with Crippen LogP contribution in [-0.2, 0) is 6.54 Å². The van der Waals surface area contributed by atoms with Gasteiger partial charge in [-0.2, -0.15) is 0 Å². The highest BCUT2D eigenvalue weighted by Gasteiger charge is 2.15. The van der Waals surface area contributed by atoms with Crippen molar-refractivity contribution < 1.29 is 9.47 Å². The molecule has 0 saturated heterocycles. The first kappa shape index (κ1) is 14.3. The van der Waals surface area contributed by atoms with Gasteiger partial charge in [0.1, 0.15) is 13.2 Å². The van der Waals surface area contributed by atoms with Gasteiger partial charge in [-0.25, -0.2) is 0 Å². The van der Waals surface area contributed by atoms with Crippen LogP contribution in [0.15, 0.2) is 29.2 Å². The molecule has 1 aliphatic heterocycles. The van der Waals surface area contributed by atoms with Gasteiger partial charge in [-0.1, -0.05) is 12.2 Å². The topological polar surface area (TPSA) is 30.5 Å². The summed E-state index contributed by atoms with van der Waals surface area (Å²) in [6, 6.07) is 4.19. The van der Waals surface area contributed by atoms with Crippen LogP contribution >= 0.6 is 11.8 Å². The predicted molar refractivity (Wildman–Crippen MR) is 80.4 cm³/mol. The SMILES string of the molecule is C/C=C/CCNCc1cc2c(cc1SC)OCCO2. The van der Waals surface area contributed by atoms with Crippen LogP contribution in [0, 0.1) is 0 Å². The van der Waals surface area contributed by atoms with Gasteiger partial charge in [0, 0.05) is 11.4 Å². The Morgan fingerprint density at radius 3 is 2.68 bits per heavy atom. The monoisotopic (exact) mass is 279 g/mol. The van der Waals surface area contributed by atoms with Gasteiger partial charge < -0.3 is 14.8 Å². The zero-order valence-corrected chi connectivity index (χ0v) is 12.4. The first-order valence-electron chi connectivity index (χ1n) is 6.63. The zero-order valence-electron chi connectivity index (χ0n) is 11.6. The lowest BCUT2D eigenvalue weighted by molar-refractivity contribution is 0.171. The van der Waals surface area contributed by atoms with E-state index in [9.17, 15) is 0 Å². The largest absolute Gasteiger partial charge is 0.486 e. The first-order valence-corrected chi connectivity index (χ1v) is 7.86. The third kappa shape index (κ3) is 3.91. The molecular formula is C15H21NO2S. The maximum absolute atomic E-state index is 5.64. The second kappa shape index (κ2) is 7.46. The van der Waals surface area contributed by atoms with Gasteiger partial charge in [-0.05, 0) is 43.8 Å². The Balaban J connectivity index is 2.02. The molecular weight excluding hydrogens is 258 g/mol. The Hall–Kier alpha value is -1.13. The van der Waals surface area contributed by atoms with E-state index in [1.807, 2.05) is 6.92 Å². The lowest BCUT2D eigenvalue weighted by Gasteiger charge is -2.20. The van der Waals surface area contributed by atoms with Crippen LogP contribution in [0.2, 0.25) is 0 Å². The number of ether oxygens (including phenoxy) is 2. The highest BCUT2D eigenvalue weighted by Crippen LogP contribution is 2.36. The normalized spacial score (nSPS) is 14.0. The summed E-state index contributed by atoms with van der Waals surface area (Å²) in [5.74, 6) is 1.74. The van der Waals surface area contributed by atoms with Crippen molar-refractivity contribution in [3.63, 3.8) is 0 Å². The summed E-state index contributed by atoms with van der Waals surface area (Å²) >= 11 is 1.75. The Bertz CT molecular complexity index is 446. The Labute approximate surface area is 119 Å². The highest BCUT2D eigenvalue weighted by molar-refractivity contribution is 7.98. The van der Waals surface area contributed by atoms with E-state index in [0.29, 0.717) is 13.2 Å². The number of benzene rings is 1. The molecule has 19 heavy (non-hydrogen) atoms. The molecule has 104 valence electrons. The second-order valence-electron chi connectivity index (χ2n) is 4.34. The fraction of sp³-hybridized carbons (Fsp3) is 0.467. The standard InChI is InChI=1S/C15H21NO2S/c1-3-4-5-6-16-11-12-9-13-14(10-15(12)19-2)18-8-7-17-13/h3-4,9-10,16H,5-8,11H2,1-2H3/b4-3+. The average Bonchev–Trinajstić information content (AvgIpc) is 2.46. The minimum Gasteiger partial charge on any atom is -0.486 e. The van der Waals surface area contributed by atoms with Gasteiger partial charge in [-0.3, -0.25) is 0 Å². The molecule has 1 aromatic rings. The molecule has 0 spiro atoms. The van der Waals surface area contributed by atoms with E-state index in [1.165, 1.54) is 10.5 Å². The molecule has 0 atom stereocenters. The van der Waals surface area contributed by atoms with Crippen LogP contribution in [0.1, 0.15) is 18.9 Å². The minimum absolute atomic E-state index is 0.639. The Kier molecular flexibility index (Phi) is 5.61. The lowest BCUT2D eigenvalue weighted by Crippen LogP contribution is -2.18. The van der Waals surface area contributed by atoms with E-state index in [1.54, 1.807) is 11.8 Å². The van der Waals surface area contributed by atoms with Crippen molar-refractivity contribution in [3.8, 4) is 11.5 Å². The fourth-order valence-electron chi connectivity index (χ4n) is 2.02. The molecule has 4 heteroatoms. The molecule has 0 fully saturated rings. The van der Waals surface area contributed by atoms with E-state index < -0.39 is 0 Å². The van der Waals surface area contributed by atoms with Crippen molar-refractivity contribution in [1.82, 2.24) is 5.32 Å². The molecule has 1 aromatic carbocycles. The summed E-state index contributed by atoms with van der Waals surface area (Å²) < 4.78 is 11.2. The number of fused-ring (bicyclic) bond motifs is 1. The molecule has 1 heterocycles. The third-order valence-corrected chi connectivity index (χ3v) is 3.80. The third-order valence-electron chi connectivity index (χ3n) is 2.98. The second-order valence-corrected chi connectivity index (χ2v) is 5.19. The number of hydrogen-bond acceptors (Lipinski definition) is 4. The van der Waals surface area contributed by atoms with Crippen LogP contribution in [0.5, 0.6) is 11.5 Å². The van der Waals surface area contributed by atoms with Crippen LogP contribution < -0.4 is 14.8 Å². The van der Waals surface area contributed by atoms with Crippen molar-refractivity contribution in [1.29, 1.82) is 0 Å². The number of nitrogens with one attached hydrogen (secondary N) is 1. The summed E-state index contributed by atoms with van der Waals surface area (Å²) in [5, 5.41) is 3.46. The van der Waals surface area contributed by atoms with Gasteiger partial charge in [0.05, 0.1) is 0 Å². The maximum atomic E-state index is 5.64. The molecule has 1 N–H and O–H groups in total. The van der Waals surface area contributed by atoms with Gasteiger partial charge in [0.2, 0.25) is 0 Å². The first-order chi connectivity index (χ1) is 9.35. The van der Waals surface area contributed by atoms with Gasteiger partial charge in [0.15, 0.2) is 11.5 Å². The van der Waals surface area contributed by atoms with E-state index in [-0.39, 0.29) is 0 Å². The molecule has 0 radical (unpaired) electrons. The Morgan fingerprint density at radius 2 is 2.00 bits per heavy atom. The average molecular weight is 279 g/mol. The zero-order chi connectivity index (χ0) is 13.5. The molecule has 0 aromatic heterocycles. The van der Waals surface area contributed by atoms with Crippen LogP contribution in [-0.4, -0.2) is 26.0 Å². The van der Waals surface area contributed by atoms with Gasteiger partial charge >= 0.3 is 0 Å². The number of hydrogen-bond donors (Lipinski definition) is 1. The number of thioether (sulfide) groups is 1.